The lowest BCUT2D eigenvalue weighted by atomic mass is 9.84. The SMILES string of the molecule is Cc1ccc2c(c1)N(c1c(C)cc(C(C)(C)C)cc1C)c1nncc(C)c1O2. The van der Waals surface area contributed by atoms with E-state index in [4.69, 9.17) is 4.74 Å². The molecule has 1 aromatic heterocycles. The summed E-state index contributed by atoms with van der Waals surface area (Å²) in [7, 11) is 0. The van der Waals surface area contributed by atoms with Gasteiger partial charge in [-0.15, -0.1) is 5.10 Å². The van der Waals surface area contributed by atoms with Crippen LogP contribution in [0, 0.1) is 27.7 Å². The fourth-order valence-electron chi connectivity index (χ4n) is 3.80. The quantitative estimate of drug-likeness (QED) is 0.377. The topological polar surface area (TPSA) is 38.2 Å². The van der Waals surface area contributed by atoms with Gasteiger partial charge in [0.2, 0.25) is 5.82 Å². The van der Waals surface area contributed by atoms with Crippen LogP contribution in [0.25, 0.3) is 0 Å². The van der Waals surface area contributed by atoms with E-state index in [0.29, 0.717) is 0 Å². The largest absolute Gasteiger partial charge is 0.451 e. The van der Waals surface area contributed by atoms with Crippen molar-refractivity contribution < 1.29 is 4.74 Å². The number of aryl methyl sites for hydroxylation is 4. The first-order valence-electron chi connectivity index (χ1n) is 9.69. The van der Waals surface area contributed by atoms with Gasteiger partial charge in [-0.2, -0.15) is 5.10 Å². The van der Waals surface area contributed by atoms with Crippen LogP contribution >= 0.6 is 0 Å². The van der Waals surface area contributed by atoms with Gasteiger partial charge in [0, 0.05) is 5.56 Å². The third kappa shape index (κ3) is 2.93. The van der Waals surface area contributed by atoms with Gasteiger partial charge in [0.1, 0.15) is 0 Å². The van der Waals surface area contributed by atoms with Crippen LogP contribution in [0.3, 0.4) is 0 Å². The van der Waals surface area contributed by atoms with E-state index in [1.54, 1.807) is 6.20 Å². The number of hydrogen-bond donors (Lipinski definition) is 0. The molecule has 0 N–H and O–H groups in total. The first-order chi connectivity index (χ1) is 13.2. The number of fused-ring (bicyclic) bond motifs is 2. The van der Waals surface area contributed by atoms with E-state index in [1.807, 2.05) is 13.0 Å². The summed E-state index contributed by atoms with van der Waals surface area (Å²) < 4.78 is 6.23. The molecule has 3 aromatic rings. The van der Waals surface area contributed by atoms with Crippen molar-refractivity contribution in [1.29, 1.82) is 0 Å². The molecule has 28 heavy (non-hydrogen) atoms. The highest BCUT2D eigenvalue weighted by Crippen LogP contribution is 2.52. The second kappa shape index (κ2) is 6.33. The lowest BCUT2D eigenvalue weighted by molar-refractivity contribution is 0.467. The van der Waals surface area contributed by atoms with E-state index in [-0.39, 0.29) is 5.41 Å². The third-order valence-corrected chi connectivity index (χ3v) is 5.32. The Morgan fingerprint density at radius 2 is 1.57 bits per heavy atom. The van der Waals surface area contributed by atoms with E-state index in [9.17, 15) is 0 Å². The van der Waals surface area contributed by atoms with Crippen LogP contribution in [-0.4, -0.2) is 10.2 Å². The minimum Gasteiger partial charge on any atom is -0.451 e. The Bertz CT molecular complexity index is 1050. The van der Waals surface area contributed by atoms with Crippen LogP contribution < -0.4 is 9.64 Å². The molecule has 0 atom stereocenters. The van der Waals surface area contributed by atoms with E-state index < -0.39 is 0 Å². The van der Waals surface area contributed by atoms with Crippen LogP contribution in [0.5, 0.6) is 11.5 Å². The second-order valence-electron chi connectivity index (χ2n) is 8.80. The number of aromatic nitrogens is 2. The van der Waals surface area contributed by atoms with Crippen molar-refractivity contribution in [3.05, 3.63) is 64.3 Å². The number of rotatable bonds is 1. The van der Waals surface area contributed by atoms with Gasteiger partial charge >= 0.3 is 0 Å². The van der Waals surface area contributed by atoms with Gasteiger partial charge in [-0.05, 0) is 67.5 Å². The fourth-order valence-corrected chi connectivity index (χ4v) is 3.80. The molecule has 4 nitrogen and oxygen atoms in total. The Balaban J connectivity index is 2.01. The van der Waals surface area contributed by atoms with Gasteiger partial charge in [-0.3, -0.25) is 4.90 Å². The van der Waals surface area contributed by atoms with Gasteiger partial charge in [0.25, 0.3) is 0 Å². The minimum absolute atomic E-state index is 0.0991. The standard InChI is InChI=1S/C24H27N3O/c1-14-8-9-20-19(10-14)27(23-22(28-20)17(4)13-25-26-23)21-15(2)11-18(12-16(21)3)24(5,6)7/h8-13H,1-7H3. The van der Waals surface area contributed by atoms with Crippen LogP contribution in [0.15, 0.2) is 36.5 Å². The zero-order valence-electron chi connectivity index (χ0n) is 17.7. The fraction of sp³-hybridized carbons (Fsp3) is 0.333. The molecule has 0 saturated carbocycles. The van der Waals surface area contributed by atoms with Crippen molar-refractivity contribution in [3.63, 3.8) is 0 Å². The molecule has 1 aliphatic rings. The van der Waals surface area contributed by atoms with Crippen LogP contribution in [-0.2, 0) is 5.41 Å². The molecular formula is C24H27N3O. The summed E-state index contributed by atoms with van der Waals surface area (Å²) in [5.74, 6) is 2.35. The maximum absolute atomic E-state index is 6.23. The van der Waals surface area contributed by atoms with Crippen LogP contribution in [0.2, 0.25) is 0 Å². The summed E-state index contributed by atoms with van der Waals surface area (Å²) >= 11 is 0. The highest BCUT2D eigenvalue weighted by molar-refractivity contribution is 5.87. The van der Waals surface area contributed by atoms with Crippen molar-refractivity contribution in [2.24, 2.45) is 0 Å². The molecule has 0 radical (unpaired) electrons. The molecule has 0 unspecified atom stereocenters. The number of hydrogen-bond acceptors (Lipinski definition) is 4. The summed E-state index contributed by atoms with van der Waals surface area (Å²) in [5.41, 5.74) is 8.16. The Kier molecular flexibility index (Phi) is 4.18. The van der Waals surface area contributed by atoms with Gasteiger partial charge in [-0.1, -0.05) is 39.0 Å². The molecule has 0 spiro atoms. The number of ether oxygens (including phenoxy) is 1. The average Bonchev–Trinajstić information content (AvgIpc) is 2.60. The van der Waals surface area contributed by atoms with E-state index in [0.717, 1.165) is 34.3 Å². The third-order valence-electron chi connectivity index (χ3n) is 5.32. The molecule has 4 rings (SSSR count). The minimum atomic E-state index is 0.0991. The zero-order chi connectivity index (χ0) is 20.2. The maximum atomic E-state index is 6.23. The molecule has 0 saturated heterocycles. The smallest absolute Gasteiger partial charge is 0.203 e. The molecular weight excluding hydrogens is 346 g/mol. The summed E-state index contributed by atoms with van der Waals surface area (Å²) in [6.07, 6.45) is 1.75. The van der Waals surface area contributed by atoms with Gasteiger partial charge in [0.15, 0.2) is 11.5 Å². The van der Waals surface area contributed by atoms with Crippen LogP contribution in [0.4, 0.5) is 17.2 Å². The average molecular weight is 374 g/mol. The lowest BCUT2D eigenvalue weighted by Crippen LogP contribution is -2.21. The number of benzene rings is 2. The summed E-state index contributed by atoms with van der Waals surface area (Å²) in [6.45, 7) is 15.2. The zero-order valence-corrected chi connectivity index (χ0v) is 17.7. The lowest BCUT2D eigenvalue weighted by Gasteiger charge is -2.34. The Hall–Kier alpha value is -2.88. The monoisotopic (exact) mass is 373 g/mol. The highest BCUT2D eigenvalue weighted by Gasteiger charge is 2.31. The molecule has 4 heteroatoms. The van der Waals surface area contributed by atoms with Gasteiger partial charge in [0.05, 0.1) is 17.6 Å². The molecule has 0 bridgehead atoms. The molecule has 0 fully saturated rings. The summed E-state index contributed by atoms with van der Waals surface area (Å²) in [4.78, 5) is 2.21. The normalized spacial score (nSPS) is 13.0. The number of nitrogens with zero attached hydrogens (tertiary/aromatic N) is 3. The second-order valence-corrected chi connectivity index (χ2v) is 8.80. The van der Waals surface area contributed by atoms with Crippen molar-refractivity contribution >= 4 is 17.2 Å². The van der Waals surface area contributed by atoms with E-state index >= 15 is 0 Å². The Morgan fingerprint density at radius 1 is 0.893 bits per heavy atom. The summed E-state index contributed by atoms with van der Waals surface area (Å²) in [5, 5.41) is 8.68. The molecule has 0 aliphatic carbocycles. The highest BCUT2D eigenvalue weighted by atomic mass is 16.5. The molecule has 144 valence electrons. The van der Waals surface area contributed by atoms with Crippen LogP contribution in [0.1, 0.15) is 48.6 Å². The van der Waals surface area contributed by atoms with Crippen molar-refractivity contribution in [2.75, 3.05) is 4.90 Å². The molecule has 2 heterocycles. The molecule has 0 amide bonds. The number of anilines is 3. The first kappa shape index (κ1) is 18.5. The predicted molar refractivity (Wildman–Crippen MR) is 114 cm³/mol. The molecule has 1 aliphatic heterocycles. The van der Waals surface area contributed by atoms with Gasteiger partial charge in [-0.25, -0.2) is 0 Å². The van der Waals surface area contributed by atoms with Crippen molar-refractivity contribution in [1.82, 2.24) is 10.2 Å². The predicted octanol–water partition coefficient (Wildman–Crippen LogP) is 6.58. The van der Waals surface area contributed by atoms with Crippen molar-refractivity contribution in [3.8, 4) is 11.5 Å². The van der Waals surface area contributed by atoms with Gasteiger partial charge < -0.3 is 4.74 Å². The first-order valence-corrected chi connectivity index (χ1v) is 9.69. The molecule has 2 aromatic carbocycles. The Labute approximate surface area is 167 Å². The van der Waals surface area contributed by atoms with Crippen molar-refractivity contribution in [2.45, 2.75) is 53.9 Å². The van der Waals surface area contributed by atoms with E-state index in [1.165, 1.54) is 22.3 Å². The van der Waals surface area contributed by atoms with E-state index in [2.05, 4.69) is 80.9 Å². The Morgan fingerprint density at radius 3 is 2.21 bits per heavy atom. The summed E-state index contributed by atoms with van der Waals surface area (Å²) in [6, 6.07) is 10.8. The maximum Gasteiger partial charge on any atom is 0.203 e.